The Hall–Kier alpha value is -1.77. The topological polar surface area (TPSA) is 40.5 Å². The molecule has 0 saturated heterocycles. The molecule has 6 atom stereocenters. The molecule has 0 aromatic heterocycles. The van der Waals surface area contributed by atoms with Gasteiger partial charge in [0.05, 0.1) is 0 Å². The van der Waals surface area contributed by atoms with Gasteiger partial charge in [0.15, 0.2) is 0 Å². The van der Waals surface area contributed by atoms with Crippen LogP contribution in [0.25, 0.3) is 0 Å². The van der Waals surface area contributed by atoms with Crippen LogP contribution < -0.4 is 0 Å². The first kappa shape index (κ1) is 35.1. The Morgan fingerprint density at radius 1 is 0.932 bits per heavy atom. The second-order valence-electron chi connectivity index (χ2n) is 14.2. The Balaban J connectivity index is 1.14. The van der Waals surface area contributed by atoms with Crippen molar-refractivity contribution in [3.8, 4) is 5.75 Å². The van der Waals surface area contributed by atoms with Crippen LogP contribution in [0, 0.1) is 23.2 Å². The summed E-state index contributed by atoms with van der Waals surface area (Å²) in [6, 6.07) is 5.40. The lowest BCUT2D eigenvalue weighted by Crippen LogP contribution is -2.50. The monoisotopic (exact) mass is 631 g/mol. The SMILES string of the molecule is CN(CCCCCCCCC(F)(F)C(F)(F)F)CCCCCCC1Cc2cc(O)ccc2[C@H]2C(F)C[C@]3(C)C(=O)CC[C@H]3[C@H]12. The fourth-order valence-electron chi connectivity index (χ4n) is 8.67. The standard InChI is InChI=1S/C35H51F6NO2/c1-33-23-29(36)32-27-15-14-26(43)22-25(27)21-24(31(32)28(33)16-17-30(33)44)13-9-5-8-12-20-42(2)19-11-7-4-3-6-10-18-34(37,38)35(39,40)41/h14-15,22,24,28-29,31-32,43H,3-13,16-21,23H2,1-2H3/t24?,28-,29?,31-,32-,33-/m0/s1. The molecule has 0 spiro atoms. The number of Topliss-reactive ketones (excluding diaryl/α,β-unsaturated/α-hetero) is 1. The molecule has 3 aliphatic carbocycles. The van der Waals surface area contributed by atoms with Crippen molar-refractivity contribution in [3.63, 3.8) is 0 Å². The van der Waals surface area contributed by atoms with Gasteiger partial charge in [0, 0.05) is 24.2 Å². The molecule has 0 radical (unpaired) electrons. The van der Waals surface area contributed by atoms with Gasteiger partial charge >= 0.3 is 12.1 Å². The Kier molecular flexibility index (Phi) is 11.8. The number of hydrogen-bond donors (Lipinski definition) is 1. The number of phenols is 1. The van der Waals surface area contributed by atoms with E-state index in [-0.39, 0.29) is 35.7 Å². The van der Waals surface area contributed by atoms with Gasteiger partial charge in [-0.2, -0.15) is 22.0 Å². The molecule has 0 aliphatic heterocycles. The summed E-state index contributed by atoms with van der Waals surface area (Å²) in [6.45, 7) is 3.92. The van der Waals surface area contributed by atoms with Crippen LogP contribution in [0.5, 0.6) is 5.75 Å². The minimum Gasteiger partial charge on any atom is -0.508 e. The predicted octanol–water partition coefficient (Wildman–Crippen LogP) is 9.80. The molecule has 1 aromatic rings. The van der Waals surface area contributed by atoms with Gasteiger partial charge in [-0.05, 0) is 106 Å². The molecule has 0 amide bonds. The zero-order valence-electron chi connectivity index (χ0n) is 26.4. The number of phenolic OH excluding ortho intramolecular Hbond substituents is 1. The van der Waals surface area contributed by atoms with Crippen molar-refractivity contribution in [2.24, 2.45) is 23.2 Å². The third kappa shape index (κ3) is 8.14. The van der Waals surface area contributed by atoms with Gasteiger partial charge in [0.25, 0.3) is 0 Å². The average molecular weight is 632 g/mol. The molecule has 3 nitrogen and oxygen atoms in total. The van der Waals surface area contributed by atoms with E-state index in [9.17, 15) is 31.9 Å². The first-order chi connectivity index (χ1) is 20.7. The molecule has 0 heterocycles. The summed E-state index contributed by atoms with van der Waals surface area (Å²) in [7, 11) is 2.09. The van der Waals surface area contributed by atoms with Crippen LogP contribution in [0.3, 0.4) is 0 Å². The number of rotatable bonds is 16. The number of alkyl halides is 6. The van der Waals surface area contributed by atoms with Gasteiger partial charge in [0.2, 0.25) is 0 Å². The molecule has 1 aromatic carbocycles. The number of halogens is 6. The lowest BCUT2D eigenvalue weighted by molar-refractivity contribution is -0.284. The molecule has 3 aliphatic rings. The average Bonchev–Trinajstić information content (AvgIpc) is 3.24. The fourth-order valence-corrected chi connectivity index (χ4v) is 8.67. The summed E-state index contributed by atoms with van der Waals surface area (Å²) in [4.78, 5) is 15.2. The maximum atomic E-state index is 15.9. The highest BCUT2D eigenvalue weighted by Crippen LogP contribution is 2.62. The third-order valence-corrected chi connectivity index (χ3v) is 11.1. The summed E-state index contributed by atoms with van der Waals surface area (Å²) in [6.07, 6.45) is 4.03. The predicted molar refractivity (Wildman–Crippen MR) is 161 cm³/mol. The first-order valence-corrected chi connectivity index (χ1v) is 16.9. The Labute approximate surface area is 259 Å². The fraction of sp³-hybridized carbons (Fsp3) is 0.800. The Morgan fingerprint density at radius 2 is 1.55 bits per heavy atom. The van der Waals surface area contributed by atoms with E-state index in [1.807, 2.05) is 19.1 Å². The molecule has 44 heavy (non-hydrogen) atoms. The summed E-state index contributed by atoms with van der Waals surface area (Å²) in [5, 5.41) is 10.1. The smallest absolute Gasteiger partial charge is 0.453 e. The van der Waals surface area contributed by atoms with E-state index >= 15 is 4.39 Å². The second kappa shape index (κ2) is 14.8. The van der Waals surface area contributed by atoms with Crippen molar-refractivity contribution < 1.29 is 36.2 Å². The van der Waals surface area contributed by atoms with E-state index in [1.54, 1.807) is 6.07 Å². The van der Waals surface area contributed by atoms with Crippen LogP contribution >= 0.6 is 0 Å². The molecule has 2 fully saturated rings. The molecule has 0 bridgehead atoms. The Bertz CT molecular complexity index is 1090. The van der Waals surface area contributed by atoms with Gasteiger partial charge in [-0.15, -0.1) is 0 Å². The molecule has 2 saturated carbocycles. The summed E-state index contributed by atoms with van der Waals surface area (Å²) >= 11 is 0. The maximum Gasteiger partial charge on any atom is 0.453 e. The Morgan fingerprint density at radius 3 is 2.20 bits per heavy atom. The minimum absolute atomic E-state index is 0.110. The maximum absolute atomic E-state index is 15.9. The van der Waals surface area contributed by atoms with Crippen LogP contribution in [0.1, 0.15) is 120 Å². The normalized spacial score (nSPS) is 28.7. The van der Waals surface area contributed by atoms with E-state index in [1.165, 1.54) is 0 Å². The van der Waals surface area contributed by atoms with Gasteiger partial charge in [-0.25, -0.2) is 4.39 Å². The molecule has 1 N–H and O–H groups in total. The van der Waals surface area contributed by atoms with E-state index in [0.29, 0.717) is 31.6 Å². The number of carbonyl (C=O) groups excluding carboxylic acids is 1. The zero-order valence-corrected chi connectivity index (χ0v) is 26.4. The van der Waals surface area contributed by atoms with E-state index < -0.39 is 30.1 Å². The number of aromatic hydroxyl groups is 1. The van der Waals surface area contributed by atoms with E-state index in [0.717, 1.165) is 88.4 Å². The van der Waals surface area contributed by atoms with Crippen molar-refractivity contribution in [1.82, 2.24) is 4.90 Å². The van der Waals surface area contributed by atoms with Crippen LogP contribution in [0.15, 0.2) is 18.2 Å². The summed E-state index contributed by atoms with van der Waals surface area (Å²) < 4.78 is 78.4. The first-order valence-electron chi connectivity index (χ1n) is 16.9. The minimum atomic E-state index is -5.45. The molecule has 2 unspecified atom stereocenters. The molecular formula is C35H51F6NO2. The molecule has 9 heteroatoms. The third-order valence-electron chi connectivity index (χ3n) is 11.1. The van der Waals surface area contributed by atoms with E-state index in [4.69, 9.17) is 0 Å². The molecule has 4 rings (SSSR count). The highest BCUT2D eigenvalue weighted by atomic mass is 19.4. The van der Waals surface area contributed by atoms with Crippen LogP contribution in [-0.4, -0.2) is 54.2 Å². The van der Waals surface area contributed by atoms with Gasteiger partial charge in [0.1, 0.15) is 17.7 Å². The van der Waals surface area contributed by atoms with E-state index in [2.05, 4.69) is 11.9 Å². The van der Waals surface area contributed by atoms with Crippen molar-refractivity contribution in [1.29, 1.82) is 0 Å². The summed E-state index contributed by atoms with van der Waals surface area (Å²) in [5.74, 6) is -3.61. The number of hydrogen-bond acceptors (Lipinski definition) is 3. The largest absolute Gasteiger partial charge is 0.508 e. The molecule has 250 valence electrons. The van der Waals surface area contributed by atoms with Gasteiger partial charge in [-0.1, -0.05) is 57.9 Å². The summed E-state index contributed by atoms with van der Waals surface area (Å²) in [5.41, 5.74) is 1.55. The number of benzene rings is 1. The van der Waals surface area contributed by atoms with Gasteiger partial charge in [-0.3, -0.25) is 4.79 Å². The van der Waals surface area contributed by atoms with Crippen LogP contribution in [0.2, 0.25) is 0 Å². The second-order valence-corrected chi connectivity index (χ2v) is 14.2. The van der Waals surface area contributed by atoms with Crippen molar-refractivity contribution in [3.05, 3.63) is 29.3 Å². The highest BCUT2D eigenvalue weighted by molar-refractivity contribution is 5.87. The molecular weight excluding hydrogens is 580 g/mol. The number of carbonyl (C=O) groups is 1. The number of fused-ring (bicyclic) bond motifs is 5. The van der Waals surface area contributed by atoms with Crippen molar-refractivity contribution in [2.45, 2.75) is 134 Å². The number of nitrogens with zero attached hydrogens (tertiary/aromatic N) is 1. The number of ketones is 1. The lowest BCUT2D eigenvalue weighted by Gasteiger charge is -2.53. The van der Waals surface area contributed by atoms with Crippen LogP contribution in [0.4, 0.5) is 26.3 Å². The van der Waals surface area contributed by atoms with Crippen molar-refractivity contribution >= 4 is 5.78 Å². The quantitative estimate of drug-likeness (QED) is 0.146. The number of unbranched alkanes of at least 4 members (excludes halogenated alkanes) is 8. The zero-order chi connectivity index (χ0) is 32.1. The van der Waals surface area contributed by atoms with Crippen LogP contribution in [-0.2, 0) is 11.2 Å². The highest BCUT2D eigenvalue weighted by Gasteiger charge is 2.60. The van der Waals surface area contributed by atoms with Gasteiger partial charge < -0.3 is 10.0 Å². The lowest BCUT2D eigenvalue weighted by atomic mass is 9.51. The van der Waals surface area contributed by atoms with Crippen molar-refractivity contribution in [2.75, 3.05) is 20.1 Å².